The molecule has 0 saturated heterocycles. The third-order valence-electron chi connectivity index (χ3n) is 5.84. The van der Waals surface area contributed by atoms with Gasteiger partial charge in [0.15, 0.2) is 6.33 Å². The molecule has 0 aliphatic rings. The van der Waals surface area contributed by atoms with Gasteiger partial charge in [-0.15, -0.1) is 0 Å². The van der Waals surface area contributed by atoms with E-state index in [1.807, 2.05) is 0 Å². The molecule has 0 spiro atoms. The van der Waals surface area contributed by atoms with Gasteiger partial charge in [0.25, 0.3) is 0 Å². The standard InChI is InChI=1S/C27H37N2.Au.ClH/c1-18(2)22-11-9-12-23(19(3)4)26(22)28-15-16-29(17-28)27-24(20(5)6)13-10-14-25(27)21(7)8;;/h9-21H,1-8H3;;1H/q2*+1;/p-1. The normalized spacial score (nSPS) is 11.5. The summed E-state index contributed by atoms with van der Waals surface area (Å²) in [4.78, 5) is 0. The van der Waals surface area contributed by atoms with Crippen molar-refractivity contribution in [3.05, 3.63) is 77.4 Å². The van der Waals surface area contributed by atoms with Crippen molar-refractivity contribution >= 4 is 9.19 Å². The van der Waals surface area contributed by atoms with Gasteiger partial charge in [0.05, 0.1) is 0 Å². The summed E-state index contributed by atoms with van der Waals surface area (Å²) in [5.41, 5.74) is 8.29. The Bertz CT molecular complexity index is 856. The zero-order valence-electron chi connectivity index (χ0n) is 20.1. The van der Waals surface area contributed by atoms with Crippen molar-refractivity contribution in [3.63, 3.8) is 0 Å². The van der Waals surface area contributed by atoms with E-state index >= 15 is 0 Å². The fourth-order valence-electron chi connectivity index (χ4n) is 4.24. The number of para-hydroxylation sites is 2. The zero-order valence-corrected chi connectivity index (χ0v) is 23.0. The third kappa shape index (κ3) is 5.73. The number of imidazole rings is 1. The van der Waals surface area contributed by atoms with Crippen LogP contribution in [0.1, 0.15) is 101 Å². The summed E-state index contributed by atoms with van der Waals surface area (Å²) in [6.45, 7) is 18.3. The molecule has 0 amide bonds. The first-order valence-electron chi connectivity index (χ1n) is 11.2. The van der Waals surface area contributed by atoms with Crippen molar-refractivity contribution < 1.29 is 20.0 Å². The molecule has 2 aromatic carbocycles. The first-order chi connectivity index (χ1) is 14.7. The van der Waals surface area contributed by atoms with Gasteiger partial charge in [-0.05, 0) is 47.9 Å². The Hall–Kier alpha value is -1.32. The summed E-state index contributed by atoms with van der Waals surface area (Å²) in [5.74, 6) is 1.92. The van der Waals surface area contributed by atoms with Crippen molar-refractivity contribution in [3.8, 4) is 11.4 Å². The van der Waals surface area contributed by atoms with E-state index in [9.17, 15) is 0 Å². The van der Waals surface area contributed by atoms with Gasteiger partial charge in [-0.1, -0.05) is 67.5 Å². The Morgan fingerprint density at radius 3 is 1.06 bits per heavy atom. The molecule has 0 atom stereocenters. The number of rotatable bonds is 6. The SMILES string of the molecule is CC(C)c1cccc(C(C)C)c1-n1ccn(-c2c(C(C)C)cccc2C(C)C)[cH+]1.[Cl][Au]. The van der Waals surface area contributed by atoms with Crippen LogP contribution >= 0.6 is 9.19 Å². The van der Waals surface area contributed by atoms with Crippen LogP contribution in [-0.4, -0.2) is 9.13 Å². The summed E-state index contributed by atoms with van der Waals surface area (Å²) in [6.07, 6.45) is 6.70. The van der Waals surface area contributed by atoms with Gasteiger partial charge < -0.3 is 0 Å². The van der Waals surface area contributed by atoms with Gasteiger partial charge in [-0.3, -0.25) is 0 Å². The van der Waals surface area contributed by atoms with Crippen LogP contribution in [-0.2, 0) is 20.0 Å². The van der Waals surface area contributed by atoms with Gasteiger partial charge in [-0.25, -0.2) is 9.13 Å². The van der Waals surface area contributed by atoms with Crippen molar-refractivity contribution in [2.45, 2.75) is 79.1 Å². The molecule has 0 saturated carbocycles. The van der Waals surface area contributed by atoms with Crippen molar-refractivity contribution in [1.29, 1.82) is 0 Å². The number of benzene rings is 2. The van der Waals surface area contributed by atoms with Gasteiger partial charge in [0.1, 0.15) is 23.8 Å². The maximum absolute atomic E-state index is 4.58. The third-order valence-corrected chi connectivity index (χ3v) is 5.84. The summed E-state index contributed by atoms with van der Waals surface area (Å²) in [7, 11) is 4.58. The molecular formula is C27H37AuClN2+. The quantitative estimate of drug-likeness (QED) is 0.192. The summed E-state index contributed by atoms with van der Waals surface area (Å²) in [6, 6.07) is 13.5. The first kappa shape index (κ1) is 25.9. The average molecular weight is 622 g/mol. The van der Waals surface area contributed by atoms with Crippen molar-refractivity contribution in [2.75, 3.05) is 0 Å². The maximum atomic E-state index is 4.58. The van der Waals surface area contributed by atoms with Crippen LogP contribution in [0.2, 0.25) is 0 Å². The molecule has 0 radical (unpaired) electrons. The Labute approximate surface area is 205 Å². The average Bonchev–Trinajstić information content (AvgIpc) is 3.23. The topological polar surface area (TPSA) is 9.86 Å². The second-order valence-electron chi connectivity index (χ2n) is 9.42. The number of aromatic nitrogens is 2. The molecular weight excluding hydrogens is 585 g/mol. The molecule has 1 heterocycles. The van der Waals surface area contributed by atoms with E-state index in [1.165, 1.54) is 33.6 Å². The van der Waals surface area contributed by atoms with Gasteiger partial charge in [-0.2, -0.15) is 0 Å². The van der Waals surface area contributed by atoms with Gasteiger partial charge in [0.2, 0.25) is 0 Å². The Balaban J connectivity index is 0.00000166. The van der Waals surface area contributed by atoms with Gasteiger partial charge >= 0.3 is 29.2 Å². The Kier molecular flexibility index (Phi) is 9.64. The van der Waals surface area contributed by atoms with Crippen LogP contribution in [0.5, 0.6) is 0 Å². The molecule has 3 aromatic rings. The van der Waals surface area contributed by atoms with Crippen LogP contribution in [0.4, 0.5) is 0 Å². The van der Waals surface area contributed by atoms with E-state index in [-0.39, 0.29) is 0 Å². The van der Waals surface area contributed by atoms with Crippen LogP contribution in [0.3, 0.4) is 0 Å². The van der Waals surface area contributed by atoms with Crippen LogP contribution in [0.15, 0.2) is 55.1 Å². The number of halogens is 1. The Morgan fingerprint density at radius 2 is 0.839 bits per heavy atom. The van der Waals surface area contributed by atoms with E-state index in [0.717, 1.165) is 0 Å². The minimum absolute atomic E-state index is 0.480. The fourth-order valence-corrected chi connectivity index (χ4v) is 4.24. The molecule has 1 aromatic heterocycles. The molecule has 0 aliphatic carbocycles. The second-order valence-corrected chi connectivity index (χ2v) is 9.42. The van der Waals surface area contributed by atoms with Crippen LogP contribution < -0.4 is 0 Å². The molecule has 0 unspecified atom stereocenters. The van der Waals surface area contributed by atoms with E-state index in [0.29, 0.717) is 23.7 Å². The van der Waals surface area contributed by atoms with Crippen molar-refractivity contribution in [1.82, 2.24) is 9.13 Å². The molecule has 2 nitrogen and oxygen atoms in total. The predicted molar refractivity (Wildman–Crippen MR) is 132 cm³/mol. The monoisotopic (exact) mass is 621 g/mol. The van der Waals surface area contributed by atoms with E-state index in [4.69, 9.17) is 0 Å². The zero-order chi connectivity index (χ0) is 23.3. The van der Waals surface area contributed by atoms with E-state index in [2.05, 4.69) is 129 Å². The summed E-state index contributed by atoms with van der Waals surface area (Å²) >= 11 is 1.75. The second kappa shape index (κ2) is 11.5. The molecule has 4 heteroatoms. The van der Waals surface area contributed by atoms with Crippen molar-refractivity contribution in [2.24, 2.45) is 0 Å². The Morgan fingerprint density at radius 1 is 0.581 bits per heavy atom. The molecule has 31 heavy (non-hydrogen) atoms. The molecule has 0 N–H and O–H groups in total. The fraction of sp³-hybridized carbons (Fsp3) is 0.444. The van der Waals surface area contributed by atoms with Crippen LogP contribution in [0, 0.1) is 0 Å². The van der Waals surface area contributed by atoms with E-state index < -0.39 is 0 Å². The number of hydrogen-bond donors (Lipinski definition) is 0. The molecule has 0 bridgehead atoms. The molecule has 0 aliphatic heterocycles. The number of nitrogens with zero attached hydrogens (tertiary/aromatic N) is 2. The molecule has 3 rings (SSSR count). The summed E-state index contributed by atoms with van der Waals surface area (Å²) in [5, 5.41) is 0. The number of hydrogen-bond acceptors (Lipinski definition) is 0. The predicted octanol–water partition coefficient (Wildman–Crippen LogP) is 8.73. The van der Waals surface area contributed by atoms with E-state index in [1.54, 1.807) is 20.0 Å². The summed E-state index contributed by atoms with van der Waals surface area (Å²) < 4.78 is 4.65. The van der Waals surface area contributed by atoms with Gasteiger partial charge in [0, 0.05) is 22.3 Å². The molecule has 0 fully saturated rings. The first-order valence-corrected chi connectivity index (χ1v) is 13.9. The molecule has 172 valence electrons. The van der Waals surface area contributed by atoms with Crippen LogP contribution in [0.25, 0.3) is 11.4 Å². The minimum atomic E-state index is 0.480.